The van der Waals surface area contributed by atoms with E-state index in [1.165, 1.54) is 0 Å². The molecule has 1 aromatic rings. The molecule has 0 aliphatic heterocycles. The number of fused-ring (bicyclic) bond motifs is 1. The summed E-state index contributed by atoms with van der Waals surface area (Å²) < 4.78 is 0. The predicted molar refractivity (Wildman–Crippen MR) is 79.3 cm³/mol. The van der Waals surface area contributed by atoms with Gasteiger partial charge in [-0.05, 0) is 41.7 Å². The normalized spacial score (nSPS) is 18.1. The van der Waals surface area contributed by atoms with Crippen molar-refractivity contribution in [3.63, 3.8) is 0 Å². The molecule has 0 spiro atoms. The van der Waals surface area contributed by atoms with Crippen molar-refractivity contribution in [1.82, 2.24) is 0 Å². The lowest BCUT2D eigenvalue weighted by Gasteiger charge is -2.10. The Morgan fingerprint density at radius 1 is 1.28 bits per heavy atom. The quantitative estimate of drug-likeness (QED) is 0.799. The first-order valence-corrected chi connectivity index (χ1v) is 6.48. The van der Waals surface area contributed by atoms with E-state index in [9.17, 15) is 5.11 Å². The van der Waals surface area contributed by atoms with Crippen molar-refractivity contribution in [2.45, 2.75) is 33.8 Å². The van der Waals surface area contributed by atoms with Crippen molar-refractivity contribution in [3.05, 3.63) is 65.3 Å². The molecule has 1 heteroatoms. The van der Waals surface area contributed by atoms with Crippen LogP contribution >= 0.6 is 0 Å². The summed E-state index contributed by atoms with van der Waals surface area (Å²) in [6.07, 6.45) is 3.34. The van der Waals surface area contributed by atoms with Gasteiger partial charge in [-0.25, -0.2) is 0 Å². The molecule has 96 valence electrons. The Balaban J connectivity index is 0.000000771. The molecule has 2 rings (SSSR count). The molecule has 1 aromatic carbocycles. The topological polar surface area (TPSA) is 20.2 Å². The van der Waals surface area contributed by atoms with Crippen LogP contribution in [0.15, 0.2) is 54.1 Å². The fourth-order valence-corrected chi connectivity index (χ4v) is 2.23. The SMILES string of the molecule is C=CC1=C(/C(C)=C\C)C(O)c2ccccc21.CC. The summed E-state index contributed by atoms with van der Waals surface area (Å²) in [5, 5.41) is 10.3. The highest BCUT2D eigenvalue weighted by Gasteiger charge is 2.28. The minimum Gasteiger partial charge on any atom is -0.384 e. The zero-order chi connectivity index (χ0) is 13.7. The second kappa shape index (κ2) is 6.36. The van der Waals surface area contributed by atoms with Gasteiger partial charge in [0.05, 0.1) is 0 Å². The summed E-state index contributed by atoms with van der Waals surface area (Å²) in [4.78, 5) is 0. The molecular formula is C17H22O. The molecule has 1 atom stereocenters. The van der Waals surface area contributed by atoms with Gasteiger partial charge in [-0.3, -0.25) is 0 Å². The lowest BCUT2D eigenvalue weighted by atomic mass is 10.00. The Kier molecular flexibility index (Phi) is 5.11. The Bertz CT molecular complexity index is 492. The van der Waals surface area contributed by atoms with Gasteiger partial charge in [-0.15, -0.1) is 0 Å². The first-order valence-electron chi connectivity index (χ1n) is 6.48. The van der Waals surface area contributed by atoms with Gasteiger partial charge in [-0.2, -0.15) is 0 Å². The van der Waals surface area contributed by atoms with Gasteiger partial charge < -0.3 is 5.11 Å². The molecule has 0 radical (unpaired) electrons. The molecule has 0 saturated heterocycles. The predicted octanol–water partition coefficient (Wildman–Crippen LogP) is 4.67. The van der Waals surface area contributed by atoms with Crippen LogP contribution in [0.5, 0.6) is 0 Å². The van der Waals surface area contributed by atoms with Gasteiger partial charge in [0.25, 0.3) is 0 Å². The molecular weight excluding hydrogens is 220 g/mol. The van der Waals surface area contributed by atoms with Gasteiger partial charge in [0.1, 0.15) is 6.10 Å². The van der Waals surface area contributed by atoms with E-state index in [1.54, 1.807) is 0 Å². The third kappa shape index (κ3) is 2.32. The molecule has 0 heterocycles. The smallest absolute Gasteiger partial charge is 0.105 e. The second-order valence-corrected chi connectivity index (χ2v) is 3.99. The average Bonchev–Trinajstić information content (AvgIpc) is 2.73. The maximum absolute atomic E-state index is 10.3. The first-order chi connectivity index (χ1) is 8.70. The molecule has 1 aliphatic rings. The van der Waals surface area contributed by atoms with Gasteiger partial charge in [0.2, 0.25) is 0 Å². The van der Waals surface area contributed by atoms with Crippen molar-refractivity contribution in [2.75, 3.05) is 0 Å². The fraction of sp³-hybridized carbons (Fsp3) is 0.294. The van der Waals surface area contributed by atoms with Crippen molar-refractivity contribution in [3.8, 4) is 0 Å². The minimum atomic E-state index is -0.514. The Morgan fingerprint density at radius 3 is 2.44 bits per heavy atom. The molecule has 0 saturated carbocycles. The van der Waals surface area contributed by atoms with Gasteiger partial charge in [-0.1, -0.05) is 56.8 Å². The molecule has 0 aromatic heterocycles. The van der Waals surface area contributed by atoms with E-state index in [0.29, 0.717) is 0 Å². The highest BCUT2D eigenvalue weighted by molar-refractivity contribution is 5.86. The van der Waals surface area contributed by atoms with Crippen molar-refractivity contribution in [2.24, 2.45) is 0 Å². The van der Waals surface area contributed by atoms with Gasteiger partial charge in [0, 0.05) is 0 Å². The molecule has 0 bridgehead atoms. The molecule has 1 N–H and O–H groups in total. The highest BCUT2D eigenvalue weighted by Crippen LogP contribution is 2.43. The zero-order valence-corrected chi connectivity index (χ0v) is 11.7. The highest BCUT2D eigenvalue weighted by atomic mass is 16.3. The van der Waals surface area contributed by atoms with Crippen molar-refractivity contribution in [1.29, 1.82) is 0 Å². The van der Waals surface area contributed by atoms with Crippen LogP contribution in [0.4, 0.5) is 0 Å². The largest absolute Gasteiger partial charge is 0.384 e. The van der Waals surface area contributed by atoms with E-state index in [1.807, 2.05) is 64.1 Å². The summed E-state index contributed by atoms with van der Waals surface area (Å²) in [5.41, 5.74) is 5.23. The number of aliphatic hydroxyl groups is 1. The maximum Gasteiger partial charge on any atom is 0.105 e. The van der Waals surface area contributed by atoms with E-state index < -0.39 is 6.10 Å². The van der Waals surface area contributed by atoms with E-state index in [0.717, 1.165) is 27.8 Å². The molecule has 0 amide bonds. The Morgan fingerprint density at radius 2 is 1.89 bits per heavy atom. The molecule has 1 nitrogen and oxygen atoms in total. The molecule has 1 aliphatic carbocycles. The van der Waals surface area contributed by atoms with E-state index >= 15 is 0 Å². The zero-order valence-electron chi connectivity index (χ0n) is 11.7. The van der Waals surface area contributed by atoms with Crippen LogP contribution in [0, 0.1) is 0 Å². The summed E-state index contributed by atoms with van der Waals surface area (Å²) in [6, 6.07) is 7.95. The van der Waals surface area contributed by atoms with Crippen LogP contribution in [0.25, 0.3) is 5.57 Å². The molecule has 18 heavy (non-hydrogen) atoms. The Hall–Kier alpha value is -1.60. The van der Waals surface area contributed by atoms with Gasteiger partial charge in [0.15, 0.2) is 0 Å². The van der Waals surface area contributed by atoms with E-state index in [4.69, 9.17) is 0 Å². The van der Waals surface area contributed by atoms with Crippen LogP contribution in [-0.4, -0.2) is 5.11 Å². The van der Waals surface area contributed by atoms with Crippen LogP contribution in [0.1, 0.15) is 44.9 Å². The standard InChI is InChI=1S/C15H16O.C2H6/c1-4-10(3)14-11(5-2)12-8-6-7-9-13(12)15(14)16;1-2/h4-9,15-16H,2H2,1,3H3;1-2H3/b10-4-;. The number of rotatable bonds is 2. The third-order valence-electron chi connectivity index (χ3n) is 3.17. The van der Waals surface area contributed by atoms with Crippen LogP contribution < -0.4 is 0 Å². The van der Waals surface area contributed by atoms with Crippen LogP contribution in [0.2, 0.25) is 0 Å². The summed E-state index contributed by atoms with van der Waals surface area (Å²) in [5.74, 6) is 0. The van der Waals surface area contributed by atoms with Crippen molar-refractivity contribution < 1.29 is 5.11 Å². The van der Waals surface area contributed by atoms with Crippen LogP contribution in [0.3, 0.4) is 0 Å². The summed E-state index contributed by atoms with van der Waals surface area (Å²) in [6.45, 7) is 11.9. The fourth-order valence-electron chi connectivity index (χ4n) is 2.23. The first kappa shape index (κ1) is 14.5. The number of allylic oxidation sites excluding steroid dienone is 3. The molecule has 1 unspecified atom stereocenters. The Labute approximate surface area is 110 Å². The number of hydrogen-bond acceptors (Lipinski definition) is 1. The van der Waals surface area contributed by atoms with E-state index in [-0.39, 0.29) is 0 Å². The third-order valence-corrected chi connectivity index (χ3v) is 3.17. The number of aliphatic hydroxyl groups excluding tert-OH is 1. The second-order valence-electron chi connectivity index (χ2n) is 3.99. The maximum atomic E-state index is 10.3. The number of hydrogen-bond donors (Lipinski definition) is 1. The van der Waals surface area contributed by atoms with E-state index in [2.05, 4.69) is 6.58 Å². The lowest BCUT2D eigenvalue weighted by molar-refractivity contribution is 0.222. The average molecular weight is 242 g/mol. The van der Waals surface area contributed by atoms with Crippen LogP contribution in [-0.2, 0) is 0 Å². The monoisotopic (exact) mass is 242 g/mol. The minimum absolute atomic E-state index is 0.514. The van der Waals surface area contributed by atoms with Gasteiger partial charge >= 0.3 is 0 Å². The lowest BCUT2D eigenvalue weighted by Crippen LogP contribution is -1.98. The summed E-state index contributed by atoms with van der Waals surface area (Å²) in [7, 11) is 0. The molecule has 0 fully saturated rings. The summed E-state index contributed by atoms with van der Waals surface area (Å²) >= 11 is 0. The van der Waals surface area contributed by atoms with Crippen molar-refractivity contribution >= 4 is 5.57 Å². The number of benzene rings is 1.